The molecule has 1 aromatic rings. The summed E-state index contributed by atoms with van der Waals surface area (Å²) in [5.41, 5.74) is 0.00638. The number of carbonyl (C=O) groups excluding carboxylic acids is 1. The minimum atomic E-state index is -0.463. The Morgan fingerprint density at radius 1 is 1.27 bits per heavy atom. The molecule has 2 saturated heterocycles. The molecular weight excluding hydrogens is 407 g/mol. The summed E-state index contributed by atoms with van der Waals surface area (Å²) in [6, 6.07) is 4.48. The Labute approximate surface area is 182 Å². The van der Waals surface area contributed by atoms with Crippen molar-refractivity contribution in [3.63, 3.8) is 0 Å². The third kappa shape index (κ3) is 4.46. The molecule has 1 saturated carbocycles. The molecule has 5 nitrogen and oxygen atoms in total. The van der Waals surface area contributed by atoms with Gasteiger partial charge in [0.25, 0.3) is 0 Å². The van der Waals surface area contributed by atoms with E-state index in [1.807, 2.05) is 6.92 Å². The SMILES string of the molecule is CC(Oc1ccc(Cl)cc1F)C1CCN(C(O)C(C)[C@H]2C[C@]3(CCC(=O)N3)C2)CC1. The number of rotatable bonds is 6. The van der Waals surface area contributed by atoms with Gasteiger partial charge in [0.2, 0.25) is 5.91 Å². The number of piperidine rings is 1. The molecule has 0 radical (unpaired) electrons. The minimum Gasteiger partial charge on any atom is -0.487 e. The lowest BCUT2D eigenvalue weighted by molar-refractivity contribution is -0.121. The summed E-state index contributed by atoms with van der Waals surface area (Å²) < 4.78 is 19.9. The quantitative estimate of drug-likeness (QED) is 0.705. The number of halogens is 2. The van der Waals surface area contributed by atoms with E-state index in [2.05, 4.69) is 17.1 Å². The van der Waals surface area contributed by atoms with Gasteiger partial charge in [0.05, 0.1) is 6.10 Å². The molecule has 2 aliphatic heterocycles. The van der Waals surface area contributed by atoms with E-state index < -0.39 is 12.0 Å². The van der Waals surface area contributed by atoms with Crippen LogP contribution in [-0.4, -0.2) is 46.9 Å². The predicted molar refractivity (Wildman–Crippen MR) is 114 cm³/mol. The molecule has 1 amide bonds. The Bertz CT molecular complexity index is 778. The van der Waals surface area contributed by atoms with Crippen molar-refractivity contribution in [2.24, 2.45) is 17.8 Å². The van der Waals surface area contributed by atoms with Crippen LogP contribution in [0.15, 0.2) is 18.2 Å². The minimum absolute atomic E-state index is 0.00638. The van der Waals surface area contributed by atoms with Gasteiger partial charge in [-0.05, 0) is 75.0 Å². The molecule has 3 atom stereocenters. The van der Waals surface area contributed by atoms with Crippen molar-refractivity contribution in [1.29, 1.82) is 0 Å². The van der Waals surface area contributed by atoms with Crippen molar-refractivity contribution < 1.29 is 19.0 Å². The van der Waals surface area contributed by atoms with Gasteiger partial charge in [0.15, 0.2) is 11.6 Å². The highest BCUT2D eigenvalue weighted by molar-refractivity contribution is 6.30. The molecule has 3 unspecified atom stereocenters. The fraction of sp³-hybridized carbons (Fsp3) is 0.696. The molecule has 3 fully saturated rings. The zero-order valence-electron chi connectivity index (χ0n) is 17.7. The Hall–Kier alpha value is -1.37. The molecule has 2 N–H and O–H groups in total. The van der Waals surface area contributed by atoms with Gasteiger partial charge in [-0.25, -0.2) is 4.39 Å². The zero-order chi connectivity index (χ0) is 21.5. The third-order valence-electron chi connectivity index (χ3n) is 7.57. The van der Waals surface area contributed by atoms with Gasteiger partial charge in [-0.15, -0.1) is 0 Å². The molecule has 1 spiro atoms. The molecule has 0 bridgehead atoms. The van der Waals surface area contributed by atoms with Crippen molar-refractivity contribution in [2.45, 2.75) is 70.2 Å². The summed E-state index contributed by atoms with van der Waals surface area (Å²) in [5, 5.41) is 14.4. The van der Waals surface area contributed by atoms with Gasteiger partial charge < -0.3 is 15.2 Å². The molecule has 0 aromatic heterocycles. The fourth-order valence-electron chi connectivity index (χ4n) is 5.49. The lowest BCUT2D eigenvalue weighted by atomic mass is 9.62. The third-order valence-corrected chi connectivity index (χ3v) is 7.81. The van der Waals surface area contributed by atoms with Crippen LogP contribution in [-0.2, 0) is 4.79 Å². The van der Waals surface area contributed by atoms with Gasteiger partial charge in [-0.2, -0.15) is 0 Å². The normalized spacial score (nSPS) is 30.6. The molecule has 2 heterocycles. The van der Waals surface area contributed by atoms with E-state index >= 15 is 0 Å². The fourth-order valence-corrected chi connectivity index (χ4v) is 5.65. The summed E-state index contributed by atoms with van der Waals surface area (Å²) in [4.78, 5) is 13.7. The Morgan fingerprint density at radius 3 is 2.57 bits per heavy atom. The van der Waals surface area contributed by atoms with Crippen LogP contribution >= 0.6 is 11.6 Å². The number of ether oxygens (including phenoxy) is 1. The van der Waals surface area contributed by atoms with Gasteiger partial charge in [0.1, 0.15) is 6.23 Å². The van der Waals surface area contributed by atoms with E-state index in [1.165, 1.54) is 6.07 Å². The lowest BCUT2D eigenvalue weighted by Gasteiger charge is -2.50. The van der Waals surface area contributed by atoms with Gasteiger partial charge >= 0.3 is 0 Å². The maximum Gasteiger partial charge on any atom is 0.220 e. The smallest absolute Gasteiger partial charge is 0.220 e. The average molecular weight is 439 g/mol. The molecule has 1 aliphatic carbocycles. The number of aliphatic hydroxyl groups excluding tert-OH is 1. The predicted octanol–water partition coefficient (Wildman–Crippen LogP) is 3.97. The number of benzene rings is 1. The first-order valence-electron chi connectivity index (χ1n) is 11.1. The Balaban J connectivity index is 1.24. The maximum atomic E-state index is 14.0. The van der Waals surface area contributed by atoms with E-state index in [4.69, 9.17) is 16.3 Å². The Morgan fingerprint density at radius 2 is 1.97 bits per heavy atom. The largest absolute Gasteiger partial charge is 0.487 e. The van der Waals surface area contributed by atoms with Crippen LogP contribution in [0, 0.1) is 23.6 Å². The molecular formula is C23H32ClFN2O3. The number of hydrogen-bond donors (Lipinski definition) is 2. The van der Waals surface area contributed by atoms with Crippen molar-refractivity contribution >= 4 is 17.5 Å². The second kappa shape index (κ2) is 8.64. The second-order valence-electron chi connectivity index (χ2n) is 9.54. The maximum absolute atomic E-state index is 14.0. The van der Waals surface area contributed by atoms with E-state index in [0.717, 1.165) is 45.2 Å². The van der Waals surface area contributed by atoms with E-state index in [0.29, 0.717) is 23.3 Å². The van der Waals surface area contributed by atoms with Crippen molar-refractivity contribution in [2.75, 3.05) is 13.1 Å². The number of carbonyl (C=O) groups is 1. The number of aliphatic hydroxyl groups is 1. The Kier molecular flexibility index (Phi) is 6.29. The number of nitrogens with one attached hydrogen (secondary N) is 1. The number of hydrogen-bond acceptors (Lipinski definition) is 4. The van der Waals surface area contributed by atoms with E-state index in [1.54, 1.807) is 12.1 Å². The highest BCUT2D eigenvalue weighted by Gasteiger charge is 2.51. The van der Waals surface area contributed by atoms with Crippen LogP contribution in [0.25, 0.3) is 0 Å². The monoisotopic (exact) mass is 438 g/mol. The standard InChI is InChI=1S/C23H32ClFN2O3/c1-14(17-12-23(13-17)8-5-21(28)26-23)22(29)27-9-6-16(7-10-27)15(2)30-20-4-3-18(24)11-19(20)25/h3-4,11,14-17,22,29H,5-10,12-13H2,1-2H3,(H,26,28)/t14?,15?,17-,22?,23+. The molecule has 30 heavy (non-hydrogen) atoms. The number of amides is 1. The molecule has 1 aromatic carbocycles. The van der Waals surface area contributed by atoms with Crippen LogP contribution in [0.5, 0.6) is 5.75 Å². The molecule has 166 valence electrons. The van der Waals surface area contributed by atoms with Crippen molar-refractivity contribution in [3.8, 4) is 5.75 Å². The second-order valence-corrected chi connectivity index (χ2v) is 9.98. The first-order valence-corrected chi connectivity index (χ1v) is 11.5. The van der Waals surface area contributed by atoms with Gasteiger partial charge in [0, 0.05) is 30.1 Å². The first kappa shape index (κ1) is 21.8. The van der Waals surface area contributed by atoms with Crippen LogP contribution in [0.2, 0.25) is 5.02 Å². The first-order chi connectivity index (χ1) is 14.3. The zero-order valence-corrected chi connectivity index (χ0v) is 18.5. The van der Waals surface area contributed by atoms with Crippen LogP contribution in [0.4, 0.5) is 4.39 Å². The summed E-state index contributed by atoms with van der Waals surface area (Å²) >= 11 is 5.81. The van der Waals surface area contributed by atoms with Crippen LogP contribution in [0.1, 0.15) is 52.4 Å². The van der Waals surface area contributed by atoms with Crippen LogP contribution < -0.4 is 10.1 Å². The highest BCUT2D eigenvalue weighted by atomic mass is 35.5. The molecule has 4 rings (SSSR count). The molecule has 3 aliphatic rings. The summed E-state index contributed by atoms with van der Waals surface area (Å²) in [7, 11) is 0. The van der Waals surface area contributed by atoms with Crippen molar-refractivity contribution in [3.05, 3.63) is 29.0 Å². The van der Waals surface area contributed by atoms with Gasteiger partial charge in [-0.1, -0.05) is 18.5 Å². The summed E-state index contributed by atoms with van der Waals surface area (Å²) in [5.74, 6) is 0.916. The average Bonchev–Trinajstić information content (AvgIpc) is 3.10. The van der Waals surface area contributed by atoms with E-state index in [9.17, 15) is 14.3 Å². The summed E-state index contributed by atoms with van der Waals surface area (Å²) in [6.07, 6.45) is 4.77. The van der Waals surface area contributed by atoms with Crippen LogP contribution in [0.3, 0.4) is 0 Å². The van der Waals surface area contributed by atoms with Crippen molar-refractivity contribution in [1.82, 2.24) is 10.2 Å². The topological polar surface area (TPSA) is 61.8 Å². The highest BCUT2D eigenvalue weighted by Crippen LogP contribution is 2.48. The number of likely N-dealkylation sites (tertiary alicyclic amines) is 1. The number of nitrogens with zero attached hydrogens (tertiary/aromatic N) is 1. The summed E-state index contributed by atoms with van der Waals surface area (Å²) in [6.45, 7) is 5.72. The van der Waals surface area contributed by atoms with E-state index in [-0.39, 0.29) is 29.2 Å². The lowest BCUT2D eigenvalue weighted by Crippen LogP contribution is -2.57. The molecule has 7 heteroatoms. The van der Waals surface area contributed by atoms with Gasteiger partial charge in [-0.3, -0.25) is 9.69 Å².